The van der Waals surface area contributed by atoms with Gasteiger partial charge in [-0.1, -0.05) is 6.07 Å². The summed E-state index contributed by atoms with van der Waals surface area (Å²) in [6.07, 6.45) is 0.651. The topological polar surface area (TPSA) is 94.9 Å². The molecule has 0 spiro atoms. The lowest BCUT2D eigenvalue weighted by Gasteiger charge is -2.09. The Morgan fingerprint density at radius 2 is 2.04 bits per heavy atom. The Morgan fingerprint density at radius 3 is 2.70 bits per heavy atom. The molecule has 2 N–H and O–H groups in total. The number of amides is 2. The zero-order valence-electron chi connectivity index (χ0n) is 14.2. The molecule has 0 saturated heterocycles. The number of rotatable bonds is 6. The fourth-order valence-electron chi connectivity index (χ4n) is 2.52. The first-order chi connectivity index (χ1) is 13.0. The van der Waals surface area contributed by atoms with Crippen LogP contribution in [0.15, 0.2) is 36.5 Å². The predicted molar refractivity (Wildman–Crippen MR) is 94.1 cm³/mol. The molecule has 0 bridgehead atoms. The number of hydrogen-bond donors (Lipinski definition) is 2. The summed E-state index contributed by atoms with van der Waals surface area (Å²) >= 11 is 0. The highest BCUT2D eigenvalue weighted by Gasteiger charge is 2.29. The Balaban J connectivity index is 1.81. The number of carbonyl (C=O) groups is 2. The van der Waals surface area contributed by atoms with Crippen LogP contribution in [0.3, 0.4) is 0 Å². The number of hydrogen-bond acceptors (Lipinski definition) is 4. The van der Waals surface area contributed by atoms with Crippen LogP contribution in [0.25, 0.3) is 11.3 Å². The number of halogens is 2. The number of aromatic nitrogens is 1. The summed E-state index contributed by atoms with van der Waals surface area (Å²) in [5.41, 5.74) is 1.74. The molecule has 1 aromatic heterocycles. The van der Waals surface area contributed by atoms with Gasteiger partial charge in [-0.2, -0.15) is 5.26 Å². The molecule has 1 aliphatic rings. The van der Waals surface area contributed by atoms with Gasteiger partial charge in [-0.3, -0.25) is 14.6 Å². The summed E-state index contributed by atoms with van der Waals surface area (Å²) in [5, 5.41) is 14.2. The average molecular weight is 370 g/mol. The number of benzene rings is 1. The first-order valence-corrected chi connectivity index (χ1v) is 8.35. The molecule has 0 unspecified atom stereocenters. The minimum atomic E-state index is -2.67. The van der Waals surface area contributed by atoms with Gasteiger partial charge in [0.05, 0.1) is 29.4 Å². The second kappa shape index (κ2) is 7.91. The summed E-state index contributed by atoms with van der Waals surface area (Å²) in [6, 6.07) is 9.68. The number of alkyl halides is 2. The lowest BCUT2D eigenvalue weighted by Crippen LogP contribution is -2.29. The fourth-order valence-corrected chi connectivity index (χ4v) is 2.52. The summed E-state index contributed by atoms with van der Waals surface area (Å²) in [4.78, 5) is 28.1. The maximum Gasteiger partial charge on any atom is 0.255 e. The van der Waals surface area contributed by atoms with Crippen molar-refractivity contribution in [3.8, 4) is 17.3 Å². The predicted octanol–water partition coefficient (Wildman–Crippen LogP) is 2.96. The number of nitriles is 1. The maximum absolute atomic E-state index is 12.2. The quantitative estimate of drug-likeness (QED) is 0.817. The first kappa shape index (κ1) is 18.5. The molecule has 2 aromatic rings. The van der Waals surface area contributed by atoms with Crippen LogP contribution in [0.2, 0.25) is 0 Å². The smallest absolute Gasteiger partial charge is 0.255 e. The van der Waals surface area contributed by atoms with E-state index in [1.165, 1.54) is 18.3 Å². The van der Waals surface area contributed by atoms with Gasteiger partial charge in [0.2, 0.25) is 5.91 Å². The van der Waals surface area contributed by atoms with E-state index >= 15 is 0 Å². The van der Waals surface area contributed by atoms with Crippen LogP contribution >= 0.6 is 0 Å². The second-order valence-electron chi connectivity index (χ2n) is 6.17. The van der Waals surface area contributed by atoms with Gasteiger partial charge in [0.15, 0.2) is 0 Å². The largest absolute Gasteiger partial charge is 0.346 e. The summed E-state index contributed by atoms with van der Waals surface area (Å²) < 4.78 is 24.5. The van der Waals surface area contributed by atoms with Crippen molar-refractivity contribution in [2.24, 2.45) is 5.92 Å². The van der Waals surface area contributed by atoms with Crippen molar-refractivity contribution < 1.29 is 18.4 Å². The Labute approximate surface area is 154 Å². The maximum atomic E-state index is 12.2. The van der Waals surface area contributed by atoms with Gasteiger partial charge in [0, 0.05) is 23.4 Å². The molecule has 27 heavy (non-hydrogen) atoms. The Morgan fingerprint density at radius 1 is 1.26 bits per heavy atom. The number of nitrogens with one attached hydrogen (secondary N) is 2. The lowest BCUT2D eigenvalue weighted by atomic mass is 10.0. The van der Waals surface area contributed by atoms with E-state index in [0.29, 0.717) is 16.9 Å². The molecule has 1 heterocycles. The Kier molecular flexibility index (Phi) is 5.41. The highest BCUT2D eigenvalue weighted by molar-refractivity contribution is 5.97. The molecule has 1 aromatic carbocycles. The van der Waals surface area contributed by atoms with Gasteiger partial charge < -0.3 is 10.6 Å². The van der Waals surface area contributed by atoms with Gasteiger partial charge in [-0.25, -0.2) is 8.78 Å². The van der Waals surface area contributed by atoms with E-state index in [1.54, 1.807) is 18.2 Å². The van der Waals surface area contributed by atoms with E-state index in [1.807, 2.05) is 6.07 Å². The van der Waals surface area contributed by atoms with Gasteiger partial charge >= 0.3 is 0 Å². The van der Waals surface area contributed by atoms with Crippen molar-refractivity contribution in [3.05, 3.63) is 47.7 Å². The zero-order valence-corrected chi connectivity index (χ0v) is 14.2. The summed E-state index contributed by atoms with van der Waals surface area (Å²) in [6.45, 7) is -0.782. The third kappa shape index (κ3) is 4.64. The van der Waals surface area contributed by atoms with E-state index in [4.69, 9.17) is 0 Å². The average Bonchev–Trinajstić information content (AvgIpc) is 3.51. The fraction of sp³-hybridized carbons (Fsp3) is 0.263. The summed E-state index contributed by atoms with van der Waals surface area (Å²) in [7, 11) is 0. The Bertz CT molecular complexity index is 920. The van der Waals surface area contributed by atoms with Crippen LogP contribution in [-0.2, 0) is 4.79 Å². The molecule has 1 saturated carbocycles. The minimum Gasteiger partial charge on any atom is -0.346 e. The zero-order chi connectivity index (χ0) is 19.4. The van der Waals surface area contributed by atoms with E-state index in [0.717, 1.165) is 12.8 Å². The van der Waals surface area contributed by atoms with Crippen molar-refractivity contribution in [1.29, 1.82) is 5.26 Å². The number of pyridine rings is 1. The van der Waals surface area contributed by atoms with Gasteiger partial charge in [0.1, 0.15) is 0 Å². The molecule has 138 valence electrons. The van der Waals surface area contributed by atoms with Crippen LogP contribution in [0.1, 0.15) is 28.8 Å². The number of anilines is 1. The summed E-state index contributed by atoms with van der Waals surface area (Å²) in [5.74, 6) is -0.703. The van der Waals surface area contributed by atoms with Crippen LogP contribution < -0.4 is 10.6 Å². The van der Waals surface area contributed by atoms with E-state index < -0.39 is 18.9 Å². The molecule has 1 fully saturated rings. The van der Waals surface area contributed by atoms with Gasteiger partial charge in [-0.15, -0.1) is 0 Å². The molecule has 2 amide bonds. The van der Waals surface area contributed by atoms with Crippen LogP contribution in [0.5, 0.6) is 0 Å². The molecule has 0 aliphatic heterocycles. The minimum absolute atomic E-state index is 0.0140. The second-order valence-corrected chi connectivity index (χ2v) is 6.17. The molecular formula is C19H16F2N4O2. The van der Waals surface area contributed by atoms with Crippen LogP contribution in [-0.4, -0.2) is 29.8 Å². The molecule has 8 heteroatoms. The number of nitrogens with zero attached hydrogens (tertiary/aromatic N) is 2. The normalized spacial score (nSPS) is 13.1. The standard InChI is InChI=1S/C19H16F2N4O2/c20-17(21)10-24-19(27)15-4-3-12(7-13(15)9-22)16-8-14(5-6-23-16)25-18(26)11-1-2-11/h3-8,11,17H,1-2,10H2,(H,24,27)(H,23,25,26). The van der Waals surface area contributed by atoms with Crippen molar-refractivity contribution in [2.45, 2.75) is 19.3 Å². The first-order valence-electron chi connectivity index (χ1n) is 8.35. The highest BCUT2D eigenvalue weighted by Crippen LogP contribution is 2.30. The van der Waals surface area contributed by atoms with Gasteiger partial charge in [-0.05, 0) is 37.1 Å². The van der Waals surface area contributed by atoms with Gasteiger partial charge in [0.25, 0.3) is 12.3 Å². The van der Waals surface area contributed by atoms with E-state index in [2.05, 4.69) is 15.6 Å². The van der Waals surface area contributed by atoms with Crippen molar-refractivity contribution >= 4 is 17.5 Å². The van der Waals surface area contributed by atoms with E-state index in [9.17, 15) is 23.6 Å². The van der Waals surface area contributed by atoms with E-state index in [-0.39, 0.29) is 23.0 Å². The van der Waals surface area contributed by atoms with Crippen molar-refractivity contribution in [1.82, 2.24) is 10.3 Å². The molecule has 0 atom stereocenters. The monoisotopic (exact) mass is 370 g/mol. The number of carbonyl (C=O) groups excluding carboxylic acids is 2. The molecule has 3 rings (SSSR count). The molecule has 0 radical (unpaired) electrons. The third-order valence-corrected chi connectivity index (χ3v) is 4.07. The third-order valence-electron chi connectivity index (χ3n) is 4.07. The Hall–Kier alpha value is -3.34. The molecular weight excluding hydrogens is 354 g/mol. The molecule has 6 nitrogen and oxygen atoms in total. The van der Waals surface area contributed by atoms with Crippen LogP contribution in [0, 0.1) is 17.2 Å². The van der Waals surface area contributed by atoms with Crippen molar-refractivity contribution in [3.63, 3.8) is 0 Å². The SMILES string of the molecule is N#Cc1cc(-c2cc(NC(=O)C3CC3)ccn2)ccc1C(=O)NCC(F)F. The molecule has 1 aliphatic carbocycles. The van der Waals surface area contributed by atoms with Crippen LogP contribution in [0.4, 0.5) is 14.5 Å². The highest BCUT2D eigenvalue weighted by atomic mass is 19.3. The lowest BCUT2D eigenvalue weighted by molar-refractivity contribution is -0.117. The van der Waals surface area contributed by atoms with Crippen molar-refractivity contribution in [2.75, 3.05) is 11.9 Å².